The third-order valence-corrected chi connectivity index (χ3v) is 3.60. The van der Waals surface area contributed by atoms with Crippen molar-refractivity contribution in [3.05, 3.63) is 59.9 Å². The van der Waals surface area contributed by atoms with Gasteiger partial charge in [-0.15, -0.1) is 0 Å². The van der Waals surface area contributed by atoms with Gasteiger partial charge in [0.1, 0.15) is 5.75 Å². The number of methoxy groups -OCH3 is 1. The summed E-state index contributed by atoms with van der Waals surface area (Å²) in [4.78, 5) is 4.05. The molecule has 2 rings (SSSR count). The molecule has 1 aromatic heterocycles. The van der Waals surface area contributed by atoms with Crippen LogP contribution in [0, 0.1) is 0 Å². The van der Waals surface area contributed by atoms with Crippen molar-refractivity contribution in [3.63, 3.8) is 0 Å². The lowest BCUT2D eigenvalue weighted by Gasteiger charge is -2.18. The minimum Gasteiger partial charge on any atom is -0.496 e. The first-order valence-electron chi connectivity index (χ1n) is 7.01. The molecule has 0 radical (unpaired) electrons. The van der Waals surface area contributed by atoms with Crippen LogP contribution in [0.3, 0.4) is 0 Å². The second kappa shape index (κ2) is 7.65. The number of pyridine rings is 1. The number of hydrogen-bond donors (Lipinski definition) is 1. The first kappa shape index (κ1) is 14.5. The second-order valence-corrected chi connectivity index (χ2v) is 4.90. The maximum absolute atomic E-state index is 5.42. The highest BCUT2D eigenvalue weighted by Crippen LogP contribution is 2.20. The Morgan fingerprint density at radius 1 is 1.15 bits per heavy atom. The molecular weight excluding hydrogens is 248 g/mol. The fourth-order valence-corrected chi connectivity index (χ4v) is 2.38. The molecule has 0 bridgehead atoms. The van der Waals surface area contributed by atoms with Gasteiger partial charge in [0.15, 0.2) is 0 Å². The van der Waals surface area contributed by atoms with Crippen molar-refractivity contribution in [1.82, 2.24) is 10.3 Å². The van der Waals surface area contributed by atoms with Gasteiger partial charge in [0, 0.05) is 18.4 Å². The SMILES string of the molecule is CNC(CCc1ccncc1)Cc1ccccc1OC. The van der Waals surface area contributed by atoms with Crippen LogP contribution in [-0.4, -0.2) is 25.2 Å². The standard InChI is InChI=1S/C17H22N2O/c1-18-16(8-7-14-9-11-19-12-10-14)13-15-5-3-4-6-17(15)20-2/h3-6,9-12,16,18H,7-8,13H2,1-2H3. The van der Waals surface area contributed by atoms with Gasteiger partial charge in [0.25, 0.3) is 0 Å². The van der Waals surface area contributed by atoms with Crippen molar-refractivity contribution >= 4 is 0 Å². The molecule has 1 unspecified atom stereocenters. The van der Waals surface area contributed by atoms with Gasteiger partial charge in [-0.2, -0.15) is 0 Å². The lowest BCUT2D eigenvalue weighted by atomic mass is 9.99. The molecule has 20 heavy (non-hydrogen) atoms. The van der Waals surface area contributed by atoms with Gasteiger partial charge in [-0.1, -0.05) is 18.2 Å². The first-order valence-corrected chi connectivity index (χ1v) is 7.01. The largest absolute Gasteiger partial charge is 0.496 e. The van der Waals surface area contributed by atoms with E-state index in [1.165, 1.54) is 11.1 Å². The number of para-hydroxylation sites is 1. The minimum atomic E-state index is 0.444. The molecule has 1 N–H and O–H groups in total. The normalized spacial score (nSPS) is 12.1. The summed E-state index contributed by atoms with van der Waals surface area (Å²) in [6, 6.07) is 12.8. The molecule has 0 saturated heterocycles. The summed E-state index contributed by atoms with van der Waals surface area (Å²) in [5, 5.41) is 3.40. The molecule has 3 nitrogen and oxygen atoms in total. The van der Waals surface area contributed by atoms with E-state index in [9.17, 15) is 0 Å². The summed E-state index contributed by atoms with van der Waals surface area (Å²) in [5.41, 5.74) is 2.59. The number of nitrogens with zero attached hydrogens (tertiary/aromatic N) is 1. The summed E-state index contributed by atoms with van der Waals surface area (Å²) in [6.07, 6.45) is 6.83. The van der Waals surface area contributed by atoms with Crippen molar-refractivity contribution in [2.24, 2.45) is 0 Å². The number of aromatic nitrogens is 1. The van der Waals surface area contributed by atoms with Crippen LogP contribution < -0.4 is 10.1 Å². The van der Waals surface area contributed by atoms with Crippen molar-refractivity contribution in [2.45, 2.75) is 25.3 Å². The number of likely N-dealkylation sites (N-methyl/N-ethyl adjacent to an activating group) is 1. The van der Waals surface area contributed by atoms with Crippen molar-refractivity contribution in [1.29, 1.82) is 0 Å². The van der Waals surface area contributed by atoms with Crippen molar-refractivity contribution in [3.8, 4) is 5.75 Å². The molecule has 0 aliphatic carbocycles. The lowest BCUT2D eigenvalue weighted by Crippen LogP contribution is -2.28. The van der Waals surface area contributed by atoms with E-state index >= 15 is 0 Å². The summed E-state index contributed by atoms with van der Waals surface area (Å²) >= 11 is 0. The molecule has 3 heteroatoms. The Hall–Kier alpha value is -1.87. The third kappa shape index (κ3) is 4.07. The summed E-state index contributed by atoms with van der Waals surface area (Å²) in [7, 11) is 3.75. The Morgan fingerprint density at radius 3 is 2.60 bits per heavy atom. The van der Waals surface area contributed by atoms with Gasteiger partial charge in [-0.25, -0.2) is 0 Å². The van der Waals surface area contributed by atoms with E-state index in [0.717, 1.165) is 25.0 Å². The van der Waals surface area contributed by atoms with Gasteiger partial charge >= 0.3 is 0 Å². The van der Waals surface area contributed by atoms with Crippen LogP contribution in [0.15, 0.2) is 48.8 Å². The van der Waals surface area contributed by atoms with E-state index in [0.29, 0.717) is 6.04 Å². The van der Waals surface area contributed by atoms with Crippen LogP contribution >= 0.6 is 0 Å². The quantitative estimate of drug-likeness (QED) is 0.840. The van der Waals surface area contributed by atoms with Crippen LogP contribution in [-0.2, 0) is 12.8 Å². The van der Waals surface area contributed by atoms with E-state index in [4.69, 9.17) is 4.74 Å². The van der Waals surface area contributed by atoms with E-state index in [1.807, 2.05) is 31.6 Å². The average molecular weight is 270 g/mol. The molecule has 2 aromatic rings. The highest BCUT2D eigenvalue weighted by Gasteiger charge is 2.10. The second-order valence-electron chi connectivity index (χ2n) is 4.90. The van der Waals surface area contributed by atoms with E-state index in [2.05, 4.69) is 34.6 Å². The van der Waals surface area contributed by atoms with Crippen molar-refractivity contribution < 1.29 is 4.74 Å². The molecule has 1 heterocycles. The molecule has 0 fully saturated rings. The zero-order valence-corrected chi connectivity index (χ0v) is 12.2. The molecule has 0 aliphatic rings. The van der Waals surface area contributed by atoms with E-state index < -0.39 is 0 Å². The van der Waals surface area contributed by atoms with Gasteiger partial charge < -0.3 is 10.1 Å². The fourth-order valence-electron chi connectivity index (χ4n) is 2.38. The lowest BCUT2D eigenvalue weighted by molar-refractivity contribution is 0.404. The van der Waals surface area contributed by atoms with Gasteiger partial charge in [-0.3, -0.25) is 4.98 Å². The highest BCUT2D eigenvalue weighted by molar-refractivity contribution is 5.33. The molecule has 1 atom stereocenters. The predicted molar refractivity (Wildman–Crippen MR) is 82.1 cm³/mol. The first-order chi connectivity index (χ1) is 9.83. The number of ether oxygens (including phenoxy) is 1. The molecule has 0 amide bonds. The van der Waals surface area contributed by atoms with Crippen LogP contribution in [0.4, 0.5) is 0 Å². The zero-order valence-electron chi connectivity index (χ0n) is 12.2. The number of rotatable bonds is 7. The number of benzene rings is 1. The Balaban J connectivity index is 1.95. The Bertz CT molecular complexity index is 513. The smallest absolute Gasteiger partial charge is 0.122 e. The Morgan fingerprint density at radius 2 is 1.90 bits per heavy atom. The topological polar surface area (TPSA) is 34.2 Å². The summed E-state index contributed by atoms with van der Waals surface area (Å²) < 4.78 is 5.42. The molecule has 106 valence electrons. The van der Waals surface area contributed by atoms with Crippen LogP contribution in [0.25, 0.3) is 0 Å². The third-order valence-electron chi connectivity index (χ3n) is 3.60. The molecule has 0 aliphatic heterocycles. The zero-order chi connectivity index (χ0) is 14.2. The maximum Gasteiger partial charge on any atom is 0.122 e. The molecule has 0 saturated carbocycles. The van der Waals surface area contributed by atoms with Gasteiger partial charge in [-0.05, 0) is 55.6 Å². The van der Waals surface area contributed by atoms with Crippen LogP contribution in [0.1, 0.15) is 17.5 Å². The molecular formula is C17H22N2O. The number of hydrogen-bond acceptors (Lipinski definition) is 3. The van der Waals surface area contributed by atoms with Crippen LogP contribution in [0.5, 0.6) is 5.75 Å². The van der Waals surface area contributed by atoms with Crippen molar-refractivity contribution in [2.75, 3.05) is 14.2 Å². The molecule has 0 spiro atoms. The highest BCUT2D eigenvalue weighted by atomic mass is 16.5. The maximum atomic E-state index is 5.42. The fraction of sp³-hybridized carbons (Fsp3) is 0.353. The van der Waals surface area contributed by atoms with E-state index in [-0.39, 0.29) is 0 Å². The minimum absolute atomic E-state index is 0.444. The van der Waals surface area contributed by atoms with Crippen LogP contribution in [0.2, 0.25) is 0 Å². The molecule has 1 aromatic carbocycles. The van der Waals surface area contributed by atoms with Gasteiger partial charge in [0.05, 0.1) is 7.11 Å². The monoisotopic (exact) mass is 270 g/mol. The van der Waals surface area contributed by atoms with E-state index in [1.54, 1.807) is 7.11 Å². The predicted octanol–water partition coefficient (Wildman–Crippen LogP) is 2.85. The summed E-state index contributed by atoms with van der Waals surface area (Å²) in [5.74, 6) is 0.969. The number of nitrogens with one attached hydrogen (secondary N) is 1. The number of aryl methyl sites for hydroxylation is 1. The van der Waals surface area contributed by atoms with Gasteiger partial charge in [0.2, 0.25) is 0 Å². The average Bonchev–Trinajstić information content (AvgIpc) is 2.52. The summed E-state index contributed by atoms with van der Waals surface area (Å²) in [6.45, 7) is 0. The Labute approximate surface area is 121 Å². The Kier molecular flexibility index (Phi) is 5.56.